The van der Waals surface area contributed by atoms with Gasteiger partial charge in [-0.2, -0.15) is 0 Å². The van der Waals surface area contributed by atoms with Crippen molar-refractivity contribution in [3.63, 3.8) is 0 Å². The van der Waals surface area contributed by atoms with Crippen molar-refractivity contribution >= 4 is 55.5 Å². The van der Waals surface area contributed by atoms with Crippen LogP contribution in [0.15, 0.2) is 108 Å². The number of aromatic nitrogens is 2. The van der Waals surface area contributed by atoms with Crippen LogP contribution in [0.4, 0.5) is 0 Å². The van der Waals surface area contributed by atoms with Crippen LogP contribution in [0, 0.1) is 0 Å². The maximum atomic E-state index is 6.44. The summed E-state index contributed by atoms with van der Waals surface area (Å²) in [5.74, 6) is 0. The Balaban J connectivity index is 1.76. The van der Waals surface area contributed by atoms with E-state index in [2.05, 4.69) is 65.2 Å². The van der Waals surface area contributed by atoms with Crippen LogP contribution in [0.5, 0.6) is 0 Å². The molecule has 0 saturated carbocycles. The van der Waals surface area contributed by atoms with Crippen LogP contribution >= 0.6 is 11.6 Å². The van der Waals surface area contributed by atoms with Crippen molar-refractivity contribution in [3.05, 3.63) is 108 Å². The molecule has 0 N–H and O–H groups in total. The van der Waals surface area contributed by atoms with Crippen molar-refractivity contribution in [2.45, 2.75) is 0 Å². The Morgan fingerprint density at radius 2 is 1.36 bits per heavy atom. The first-order valence-corrected chi connectivity index (χ1v) is 11.2. The average Bonchev–Trinajstić information content (AvgIpc) is 3.40. The number of nitrogens with zero attached hydrogens (tertiary/aromatic N) is 2. The zero-order valence-electron chi connectivity index (χ0n) is 17.5. The fourth-order valence-electron chi connectivity index (χ4n) is 4.84. The van der Waals surface area contributed by atoms with E-state index in [-0.39, 0.29) is 0 Å². The van der Waals surface area contributed by atoms with Crippen LogP contribution in [0.1, 0.15) is 0 Å². The van der Waals surface area contributed by atoms with Gasteiger partial charge in [-0.3, -0.25) is 4.57 Å². The molecule has 0 aliphatic heterocycles. The second-order valence-corrected chi connectivity index (χ2v) is 8.59. The first-order valence-electron chi connectivity index (χ1n) is 10.9. The third-order valence-corrected chi connectivity index (χ3v) is 6.51. The molecule has 4 aromatic carbocycles. The van der Waals surface area contributed by atoms with Gasteiger partial charge in [0.1, 0.15) is 16.9 Å². The van der Waals surface area contributed by atoms with E-state index in [4.69, 9.17) is 21.0 Å². The number of fused-ring (bicyclic) bond motifs is 7. The van der Waals surface area contributed by atoms with E-state index in [1.165, 1.54) is 0 Å². The third kappa shape index (κ3) is 2.66. The van der Waals surface area contributed by atoms with Gasteiger partial charge in [-0.05, 0) is 36.4 Å². The molecule has 0 amide bonds. The van der Waals surface area contributed by atoms with Crippen molar-refractivity contribution in [1.82, 2.24) is 9.55 Å². The molecule has 156 valence electrons. The van der Waals surface area contributed by atoms with Gasteiger partial charge in [0.05, 0.1) is 5.52 Å². The minimum Gasteiger partial charge on any atom is -0.454 e. The molecule has 3 heterocycles. The molecule has 7 aromatic rings. The average molecular weight is 445 g/mol. The Hall–Kier alpha value is -4.08. The summed E-state index contributed by atoms with van der Waals surface area (Å²) in [4.78, 5) is 5.24. The van der Waals surface area contributed by atoms with Crippen LogP contribution in [-0.2, 0) is 0 Å². The largest absolute Gasteiger partial charge is 0.454 e. The molecule has 0 bridgehead atoms. The summed E-state index contributed by atoms with van der Waals surface area (Å²) in [6.07, 6.45) is 0. The summed E-state index contributed by atoms with van der Waals surface area (Å²) < 4.78 is 8.68. The summed E-state index contributed by atoms with van der Waals surface area (Å²) in [6, 6.07) is 34.9. The van der Waals surface area contributed by atoms with E-state index in [1.807, 2.05) is 42.5 Å². The normalized spacial score (nSPS) is 11.8. The van der Waals surface area contributed by atoms with Gasteiger partial charge in [0.25, 0.3) is 0 Å². The lowest BCUT2D eigenvalue weighted by atomic mass is 10.0. The van der Waals surface area contributed by atoms with Crippen LogP contribution in [-0.4, -0.2) is 9.55 Å². The zero-order valence-corrected chi connectivity index (χ0v) is 18.3. The number of hydrogen-bond donors (Lipinski definition) is 0. The highest BCUT2D eigenvalue weighted by molar-refractivity contribution is 6.31. The molecule has 0 unspecified atom stereocenters. The first kappa shape index (κ1) is 18.5. The van der Waals surface area contributed by atoms with Crippen molar-refractivity contribution < 1.29 is 4.42 Å². The topological polar surface area (TPSA) is 31.0 Å². The van der Waals surface area contributed by atoms with Gasteiger partial charge in [-0.25, -0.2) is 4.98 Å². The van der Waals surface area contributed by atoms with Crippen LogP contribution in [0.2, 0.25) is 5.02 Å². The van der Waals surface area contributed by atoms with E-state index in [0.717, 1.165) is 60.8 Å². The number of para-hydroxylation sites is 3. The smallest absolute Gasteiger partial charge is 0.162 e. The molecule has 4 heteroatoms. The summed E-state index contributed by atoms with van der Waals surface area (Å²) >= 11 is 6.19. The van der Waals surface area contributed by atoms with E-state index >= 15 is 0 Å². The standard InChI is InChI=1S/C29H17ClN2O/c30-19-16-14-18(15-17-19)27-28-25(22-11-5-7-13-24(22)33-28)26-21-10-4-6-12-23(21)32(29(26)31-27)20-8-2-1-3-9-20/h1-17H. The molecule has 7 rings (SSSR count). The van der Waals surface area contributed by atoms with E-state index in [0.29, 0.717) is 5.02 Å². The first-order chi connectivity index (χ1) is 16.3. The lowest BCUT2D eigenvalue weighted by molar-refractivity contribution is 0.668. The molecule has 3 aromatic heterocycles. The Kier molecular flexibility index (Phi) is 3.90. The van der Waals surface area contributed by atoms with Crippen LogP contribution < -0.4 is 0 Å². The number of furan rings is 1. The highest BCUT2D eigenvalue weighted by Crippen LogP contribution is 2.43. The lowest BCUT2D eigenvalue weighted by Gasteiger charge is -2.09. The summed E-state index contributed by atoms with van der Waals surface area (Å²) in [6.45, 7) is 0. The van der Waals surface area contributed by atoms with E-state index in [9.17, 15) is 0 Å². The van der Waals surface area contributed by atoms with Gasteiger partial charge < -0.3 is 4.42 Å². The Bertz CT molecular complexity index is 1810. The number of pyridine rings is 1. The molecular weight excluding hydrogens is 428 g/mol. The summed E-state index contributed by atoms with van der Waals surface area (Å²) in [7, 11) is 0. The summed E-state index contributed by atoms with van der Waals surface area (Å²) in [5.41, 5.74) is 6.53. The fraction of sp³-hybridized carbons (Fsp3) is 0. The summed E-state index contributed by atoms with van der Waals surface area (Å²) in [5, 5.41) is 5.13. The van der Waals surface area contributed by atoms with Crippen molar-refractivity contribution in [2.75, 3.05) is 0 Å². The predicted octanol–water partition coefficient (Wildman–Crippen LogP) is 8.40. The molecule has 33 heavy (non-hydrogen) atoms. The van der Waals surface area contributed by atoms with E-state index < -0.39 is 0 Å². The molecule has 0 radical (unpaired) electrons. The molecule has 0 saturated heterocycles. The van der Waals surface area contributed by atoms with Gasteiger partial charge in [0.2, 0.25) is 0 Å². The van der Waals surface area contributed by atoms with Gasteiger partial charge in [-0.15, -0.1) is 0 Å². The van der Waals surface area contributed by atoms with Gasteiger partial charge >= 0.3 is 0 Å². The minimum atomic E-state index is 0.694. The lowest BCUT2D eigenvalue weighted by Crippen LogP contribution is -1.96. The van der Waals surface area contributed by atoms with Crippen molar-refractivity contribution in [3.8, 4) is 16.9 Å². The van der Waals surface area contributed by atoms with Crippen LogP contribution in [0.3, 0.4) is 0 Å². The fourth-order valence-corrected chi connectivity index (χ4v) is 4.96. The van der Waals surface area contributed by atoms with E-state index in [1.54, 1.807) is 0 Å². The number of benzene rings is 4. The van der Waals surface area contributed by atoms with Gasteiger partial charge in [0.15, 0.2) is 5.58 Å². The van der Waals surface area contributed by atoms with Gasteiger partial charge in [-0.1, -0.05) is 78.3 Å². The number of rotatable bonds is 2. The monoisotopic (exact) mass is 444 g/mol. The second-order valence-electron chi connectivity index (χ2n) is 8.16. The maximum Gasteiger partial charge on any atom is 0.162 e. The molecule has 0 atom stereocenters. The van der Waals surface area contributed by atoms with Crippen LogP contribution in [0.25, 0.3) is 60.8 Å². The van der Waals surface area contributed by atoms with Crippen molar-refractivity contribution in [1.29, 1.82) is 0 Å². The minimum absolute atomic E-state index is 0.694. The molecule has 0 aliphatic carbocycles. The molecular formula is C29H17ClN2O. The highest BCUT2D eigenvalue weighted by Gasteiger charge is 2.23. The van der Waals surface area contributed by atoms with Gasteiger partial charge in [0, 0.05) is 37.8 Å². The Labute approximate surface area is 194 Å². The second kappa shape index (κ2) is 6.96. The maximum absolute atomic E-state index is 6.44. The number of hydrogen-bond acceptors (Lipinski definition) is 2. The molecule has 0 fully saturated rings. The van der Waals surface area contributed by atoms with Crippen molar-refractivity contribution in [2.24, 2.45) is 0 Å². The third-order valence-electron chi connectivity index (χ3n) is 6.26. The quantitative estimate of drug-likeness (QED) is 0.268. The Morgan fingerprint density at radius 1 is 0.667 bits per heavy atom. The molecule has 3 nitrogen and oxygen atoms in total. The SMILES string of the molecule is Clc1ccc(-c2nc3c(c4ccccc4n3-c3ccccc3)c3c2oc2ccccc23)cc1. The highest BCUT2D eigenvalue weighted by atomic mass is 35.5. The zero-order chi connectivity index (χ0) is 21.9. The molecule has 0 spiro atoms. The predicted molar refractivity (Wildman–Crippen MR) is 136 cm³/mol. The Morgan fingerprint density at radius 3 is 2.18 bits per heavy atom. The molecule has 0 aliphatic rings. The number of halogens is 1.